The summed E-state index contributed by atoms with van der Waals surface area (Å²) in [7, 11) is 0. The molecule has 10 rings (SSSR count). The molecular weight excluding hydrogens is 595 g/mol. The molecule has 0 aliphatic heterocycles. The number of benzene rings is 6. The van der Waals surface area contributed by atoms with Gasteiger partial charge in [-0.15, -0.1) is 0 Å². The van der Waals surface area contributed by atoms with E-state index in [1.807, 2.05) is 0 Å². The third kappa shape index (κ3) is 3.90. The predicted octanol–water partition coefficient (Wildman–Crippen LogP) is 11.5. The van der Waals surface area contributed by atoms with E-state index in [1.165, 1.54) is 55.3 Å². The van der Waals surface area contributed by atoms with Crippen LogP contribution < -0.4 is 0 Å². The van der Waals surface area contributed by atoms with Crippen molar-refractivity contribution in [3.05, 3.63) is 162 Å². The van der Waals surface area contributed by atoms with Crippen LogP contribution >= 0.6 is 0 Å². The monoisotopic (exact) mass is 629 g/mol. The van der Waals surface area contributed by atoms with Crippen LogP contribution in [0.2, 0.25) is 0 Å². The van der Waals surface area contributed by atoms with Crippen LogP contribution in [-0.4, -0.2) is 14.5 Å². The molecule has 3 nitrogen and oxygen atoms in total. The first-order chi connectivity index (χ1) is 23.8. The molecule has 8 aromatic rings. The average molecular weight is 630 g/mol. The number of hydrogen-bond acceptors (Lipinski definition) is 2. The zero-order chi connectivity index (χ0) is 33.1. The van der Waals surface area contributed by atoms with E-state index in [0.717, 1.165) is 33.5 Å². The van der Waals surface area contributed by atoms with Gasteiger partial charge in [0.2, 0.25) is 5.95 Å². The van der Waals surface area contributed by atoms with Gasteiger partial charge in [-0.1, -0.05) is 137 Å². The second kappa shape index (κ2) is 9.87. The van der Waals surface area contributed by atoms with Crippen molar-refractivity contribution in [1.29, 1.82) is 0 Å². The van der Waals surface area contributed by atoms with Crippen LogP contribution in [0.3, 0.4) is 0 Å². The first kappa shape index (κ1) is 28.2. The lowest BCUT2D eigenvalue weighted by Crippen LogP contribution is -2.15. The molecule has 0 saturated carbocycles. The second-order valence-electron chi connectivity index (χ2n) is 14.7. The van der Waals surface area contributed by atoms with E-state index in [9.17, 15) is 0 Å². The Morgan fingerprint density at radius 3 is 1.71 bits per heavy atom. The minimum atomic E-state index is -0.117. The van der Waals surface area contributed by atoms with Gasteiger partial charge in [-0.25, -0.2) is 9.97 Å². The number of para-hydroxylation sites is 1. The third-order valence-electron chi connectivity index (χ3n) is 11.2. The lowest BCUT2D eigenvalue weighted by atomic mass is 9.82. The molecule has 0 amide bonds. The van der Waals surface area contributed by atoms with Crippen molar-refractivity contribution < 1.29 is 0 Å². The van der Waals surface area contributed by atoms with Crippen LogP contribution in [-0.2, 0) is 10.8 Å². The van der Waals surface area contributed by atoms with Crippen LogP contribution in [0, 0.1) is 0 Å². The maximum absolute atomic E-state index is 5.42. The minimum absolute atomic E-state index is 0.0996. The molecule has 0 fully saturated rings. The van der Waals surface area contributed by atoms with Gasteiger partial charge in [0.05, 0.1) is 22.4 Å². The van der Waals surface area contributed by atoms with Crippen molar-refractivity contribution in [1.82, 2.24) is 14.5 Å². The Morgan fingerprint density at radius 2 is 0.980 bits per heavy atom. The van der Waals surface area contributed by atoms with Crippen molar-refractivity contribution in [2.24, 2.45) is 0 Å². The topological polar surface area (TPSA) is 30.7 Å². The fraction of sp³-hybridized carbons (Fsp3) is 0.130. The lowest BCUT2D eigenvalue weighted by molar-refractivity contribution is 0.660. The van der Waals surface area contributed by atoms with Crippen molar-refractivity contribution in [2.45, 2.75) is 38.5 Å². The standard InChI is InChI=1S/C46H35N3/c1-45(2)36-19-11-8-16-30(36)32-23-22-29(24-38(32)45)41-27-40(28-14-6-5-7-15-28)47-44(48-41)49-42-21-13-10-18-33(42)35-25-34-31-17-9-12-20-37(31)46(3,4)39(34)26-43(35)49/h5-27H,1-4H3. The zero-order valence-electron chi connectivity index (χ0n) is 28.1. The van der Waals surface area contributed by atoms with E-state index in [1.54, 1.807) is 0 Å². The molecule has 2 aliphatic carbocycles. The Hall–Kier alpha value is -5.80. The van der Waals surface area contributed by atoms with Crippen molar-refractivity contribution in [3.63, 3.8) is 0 Å². The first-order valence-corrected chi connectivity index (χ1v) is 17.2. The molecule has 49 heavy (non-hydrogen) atoms. The smallest absolute Gasteiger partial charge is 0.235 e. The van der Waals surface area contributed by atoms with Gasteiger partial charge in [0.25, 0.3) is 0 Å². The molecule has 2 aromatic heterocycles. The normalized spacial score (nSPS) is 14.9. The van der Waals surface area contributed by atoms with E-state index in [2.05, 4.69) is 172 Å². The number of nitrogens with zero attached hydrogens (tertiary/aromatic N) is 3. The predicted molar refractivity (Wildman–Crippen MR) is 202 cm³/mol. The quantitative estimate of drug-likeness (QED) is 0.195. The van der Waals surface area contributed by atoms with Crippen molar-refractivity contribution >= 4 is 21.8 Å². The largest absolute Gasteiger partial charge is 0.278 e. The van der Waals surface area contributed by atoms with Crippen LogP contribution in [0.25, 0.3) is 72.5 Å². The van der Waals surface area contributed by atoms with Crippen LogP contribution in [0.4, 0.5) is 0 Å². The summed E-state index contributed by atoms with van der Waals surface area (Å²) in [5, 5.41) is 2.42. The van der Waals surface area contributed by atoms with Gasteiger partial charge in [-0.3, -0.25) is 4.57 Å². The Labute approximate surface area is 286 Å². The van der Waals surface area contributed by atoms with Crippen molar-refractivity contribution in [3.8, 4) is 50.7 Å². The van der Waals surface area contributed by atoms with E-state index in [0.29, 0.717) is 5.95 Å². The summed E-state index contributed by atoms with van der Waals surface area (Å²) in [5.74, 6) is 0.680. The zero-order valence-corrected chi connectivity index (χ0v) is 28.1. The molecular formula is C46H35N3. The average Bonchev–Trinajstić information content (AvgIpc) is 3.67. The summed E-state index contributed by atoms with van der Waals surface area (Å²) < 4.78 is 2.28. The molecule has 2 aliphatic rings. The Bertz CT molecular complexity index is 2660. The number of rotatable bonds is 3. The number of aromatic nitrogens is 3. The van der Waals surface area contributed by atoms with E-state index in [4.69, 9.17) is 9.97 Å². The second-order valence-corrected chi connectivity index (χ2v) is 14.7. The van der Waals surface area contributed by atoms with Crippen LogP contribution in [0.15, 0.2) is 140 Å². The molecule has 0 radical (unpaired) electrons. The number of hydrogen-bond donors (Lipinski definition) is 0. The summed E-state index contributed by atoms with van der Waals surface area (Å²) in [6.45, 7) is 9.35. The minimum Gasteiger partial charge on any atom is -0.278 e. The molecule has 0 N–H and O–H groups in total. The van der Waals surface area contributed by atoms with Crippen LogP contribution in [0.1, 0.15) is 49.9 Å². The maximum atomic E-state index is 5.42. The van der Waals surface area contributed by atoms with E-state index < -0.39 is 0 Å². The Balaban J connectivity index is 1.24. The highest BCUT2D eigenvalue weighted by Gasteiger charge is 2.37. The number of fused-ring (bicyclic) bond motifs is 9. The highest BCUT2D eigenvalue weighted by atomic mass is 15.2. The summed E-state index contributed by atoms with van der Waals surface area (Å²) in [6.07, 6.45) is 0. The summed E-state index contributed by atoms with van der Waals surface area (Å²) in [5.41, 5.74) is 16.7. The van der Waals surface area contributed by atoms with E-state index >= 15 is 0 Å². The highest BCUT2D eigenvalue weighted by molar-refractivity contribution is 6.11. The summed E-state index contributed by atoms with van der Waals surface area (Å²) in [4.78, 5) is 10.7. The highest BCUT2D eigenvalue weighted by Crippen LogP contribution is 2.52. The van der Waals surface area contributed by atoms with E-state index in [-0.39, 0.29) is 10.8 Å². The first-order valence-electron chi connectivity index (χ1n) is 17.2. The van der Waals surface area contributed by atoms with Crippen LogP contribution in [0.5, 0.6) is 0 Å². The summed E-state index contributed by atoms with van der Waals surface area (Å²) >= 11 is 0. The Kier molecular flexibility index (Phi) is 5.69. The van der Waals surface area contributed by atoms with Gasteiger partial charge in [0, 0.05) is 32.7 Å². The third-order valence-corrected chi connectivity index (χ3v) is 11.2. The van der Waals surface area contributed by atoms with Gasteiger partial charge in [-0.05, 0) is 74.8 Å². The maximum Gasteiger partial charge on any atom is 0.235 e. The van der Waals surface area contributed by atoms with Gasteiger partial charge < -0.3 is 0 Å². The fourth-order valence-corrected chi connectivity index (χ4v) is 8.68. The van der Waals surface area contributed by atoms with Crippen molar-refractivity contribution in [2.75, 3.05) is 0 Å². The molecule has 6 aromatic carbocycles. The lowest BCUT2D eigenvalue weighted by Gasteiger charge is -2.22. The molecule has 2 heterocycles. The van der Waals surface area contributed by atoms with Gasteiger partial charge in [0.15, 0.2) is 0 Å². The molecule has 0 bridgehead atoms. The molecule has 0 saturated heterocycles. The fourth-order valence-electron chi connectivity index (χ4n) is 8.68. The van der Waals surface area contributed by atoms with Gasteiger partial charge in [0.1, 0.15) is 0 Å². The molecule has 0 atom stereocenters. The molecule has 0 unspecified atom stereocenters. The summed E-state index contributed by atoms with van der Waals surface area (Å²) in [6, 6.07) is 50.7. The molecule has 234 valence electrons. The molecule has 0 spiro atoms. The van der Waals surface area contributed by atoms with Gasteiger partial charge in [-0.2, -0.15) is 0 Å². The Morgan fingerprint density at radius 1 is 0.408 bits per heavy atom. The SMILES string of the molecule is CC1(C)c2ccccc2-c2ccc(-c3cc(-c4ccccc4)nc(-n4c5ccccc5c5cc6c(cc54)C(C)(C)c4ccccc4-6)n3)cc21. The molecule has 3 heteroatoms. The van der Waals surface area contributed by atoms with Gasteiger partial charge >= 0.3 is 0 Å².